The predicted molar refractivity (Wildman–Crippen MR) is 153 cm³/mol. The number of carbonyl (C=O) groups excluding carboxylic acids is 2. The minimum absolute atomic E-state index is 0.00490. The van der Waals surface area contributed by atoms with E-state index < -0.39 is 5.41 Å². The molecule has 3 heterocycles. The zero-order chi connectivity index (χ0) is 27.9. The van der Waals surface area contributed by atoms with Gasteiger partial charge in [-0.05, 0) is 74.4 Å². The van der Waals surface area contributed by atoms with Crippen molar-refractivity contribution in [3.8, 4) is 17.2 Å². The van der Waals surface area contributed by atoms with Gasteiger partial charge in [0.2, 0.25) is 0 Å². The van der Waals surface area contributed by atoms with Gasteiger partial charge in [0.1, 0.15) is 23.9 Å². The van der Waals surface area contributed by atoms with Crippen molar-refractivity contribution in [3.05, 3.63) is 90.4 Å². The van der Waals surface area contributed by atoms with Gasteiger partial charge in [-0.1, -0.05) is 30.3 Å². The van der Waals surface area contributed by atoms with Gasteiger partial charge in [0.05, 0.1) is 28.8 Å². The largest absolute Gasteiger partial charge is 0.491 e. The van der Waals surface area contributed by atoms with Crippen molar-refractivity contribution < 1.29 is 23.8 Å². The van der Waals surface area contributed by atoms with Crippen LogP contribution in [0, 0.1) is 5.41 Å². The fourth-order valence-electron chi connectivity index (χ4n) is 5.81. The number of hydrogen-bond acceptors (Lipinski definition) is 7. The molecule has 2 aromatic heterocycles. The summed E-state index contributed by atoms with van der Waals surface area (Å²) < 4.78 is 18.3. The lowest BCUT2D eigenvalue weighted by molar-refractivity contribution is -0.133. The number of ether oxygens (including phenoxy) is 3. The van der Waals surface area contributed by atoms with Crippen LogP contribution >= 0.6 is 0 Å². The van der Waals surface area contributed by atoms with Crippen LogP contribution in [0.15, 0.2) is 79.1 Å². The standard InChI is InChI=1S/C34H32N2O5/c37-31(18-23-4-2-1-3-5-23)34(15-16-34)32(38)19-24-6-7-26(21-36-24)40-30-11-17-35-29-20-25(8-9-28(29)30)39-22-27-10-12-33(41-27)13-14-33/h1-9,11,17,20-21,27H,10,12-16,18-19,22H2/t27-/m1/s1. The molecule has 0 unspecified atom stereocenters. The van der Waals surface area contributed by atoms with Crippen molar-refractivity contribution in [2.75, 3.05) is 6.61 Å². The van der Waals surface area contributed by atoms with Gasteiger partial charge in [-0.2, -0.15) is 0 Å². The lowest BCUT2D eigenvalue weighted by Gasteiger charge is -2.14. The molecule has 2 aliphatic carbocycles. The summed E-state index contributed by atoms with van der Waals surface area (Å²) in [6.07, 6.45) is 9.70. The Morgan fingerprint density at radius 3 is 2.39 bits per heavy atom. The molecular weight excluding hydrogens is 516 g/mol. The molecule has 7 heteroatoms. The maximum Gasteiger partial charge on any atom is 0.152 e. The Bertz CT molecular complexity index is 1590. The summed E-state index contributed by atoms with van der Waals surface area (Å²) >= 11 is 0. The second-order valence-corrected chi connectivity index (χ2v) is 11.6. The second-order valence-electron chi connectivity index (χ2n) is 11.6. The first-order valence-electron chi connectivity index (χ1n) is 14.4. The molecule has 2 aromatic carbocycles. The summed E-state index contributed by atoms with van der Waals surface area (Å²) in [6, 6.07) is 20.8. The smallest absolute Gasteiger partial charge is 0.152 e. The van der Waals surface area contributed by atoms with E-state index in [1.54, 1.807) is 24.5 Å². The minimum Gasteiger partial charge on any atom is -0.491 e. The molecule has 4 aromatic rings. The van der Waals surface area contributed by atoms with Crippen molar-refractivity contribution >= 4 is 22.5 Å². The Hall–Kier alpha value is -4.10. The summed E-state index contributed by atoms with van der Waals surface area (Å²) in [5.74, 6) is 1.93. The topological polar surface area (TPSA) is 87.6 Å². The molecule has 208 valence electrons. The van der Waals surface area contributed by atoms with E-state index in [-0.39, 0.29) is 36.1 Å². The average molecular weight is 549 g/mol. The quantitative estimate of drug-likeness (QED) is 0.206. The Balaban J connectivity index is 0.971. The Labute approximate surface area is 238 Å². The van der Waals surface area contributed by atoms with Gasteiger partial charge in [0, 0.05) is 36.2 Å². The van der Waals surface area contributed by atoms with E-state index in [0.717, 1.165) is 35.1 Å². The molecular formula is C34H32N2O5. The monoisotopic (exact) mass is 548 g/mol. The summed E-state index contributed by atoms with van der Waals surface area (Å²) in [5.41, 5.74) is 1.65. The number of ketones is 2. The number of fused-ring (bicyclic) bond motifs is 1. The van der Waals surface area contributed by atoms with Gasteiger partial charge in [-0.25, -0.2) is 0 Å². The number of Topliss-reactive ketones (excluding diaryl/α,β-unsaturated/α-hetero) is 2. The van der Waals surface area contributed by atoms with Gasteiger partial charge in [-0.15, -0.1) is 0 Å². The molecule has 7 nitrogen and oxygen atoms in total. The first kappa shape index (κ1) is 25.8. The molecule has 3 fully saturated rings. The number of benzene rings is 2. The Kier molecular flexibility index (Phi) is 6.54. The summed E-state index contributed by atoms with van der Waals surface area (Å²) in [6.45, 7) is 0.548. The maximum absolute atomic E-state index is 13.1. The van der Waals surface area contributed by atoms with E-state index in [1.807, 2.05) is 54.6 Å². The van der Waals surface area contributed by atoms with Crippen LogP contribution in [0.5, 0.6) is 17.2 Å². The van der Waals surface area contributed by atoms with Crippen LogP contribution in [0.1, 0.15) is 49.8 Å². The van der Waals surface area contributed by atoms with Crippen molar-refractivity contribution in [1.29, 1.82) is 0 Å². The third-order valence-electron chi connectivity index (χ3n) is 8.65. The molecule has 3 aliphatic rings. The van der Waals surface area contributed by atoms with Crippen molar-refractivity contribution in [2.45, 2.75) is 63.1 Å². The van der Waals surface area contributed by atoms with E-state index in [1.165, 1.54) is 12.8 Å². The molecule has 7 rings (SSSR count). The molecule has 0 bridgehead atoms. The van der Waals surface area contributed by atoms with Crippen LogP contribution in [-0.2, 0) is 27.2 Å². The predicted octanol–water partition coefficient (Wildman–Crippen LogP) is 6.22. The van der Waals surface area contributed by atoms with Crippen molar-refractivity contribution in [1.82, 2.24) is 9.97 Å². The van der Waals surface area contributed by atoms with Crippen molar-refractivity contribution in [3.63, 3.8) is 0 Å². The lowest BCUT2D eigenvalue weighted by atomic mass is 9.89. The van der Waals surface area contributed by atoms with Gasteiger partial charge in [0.25, 0.3) is 0 Å². The fourth-order valence-corrected chi connectivity index (χ4v) is 5.81. The highest BCUT2D eigenvalue weighted by Crippen LogP contribution is 2.50. The van der Waals surface area contributed by atoms with Crippen LogP contribution in [0.4, 0.5) is 0 Å². The first-order chi connectivity index (χ1) is 20.0. The van der Waals surface area contributed by atoms with E-state index in [0.29, 0.717) is 36.6 Å². The molecule has 0 N–H and O–H groups in total. The van der Waals surface area contributed by atoms with E-state index in [4.69, 9.17) is 14.2 Å². The van der Waals surface area contributed by atoms with Crippen LogP contribution in [0.3, 0.4) is 0 Å². The van der Waals surface area contributed by atoms with Crippen LogP contribution < -0.4 is 9.47 Å². The Morgan fingerprint density at radius 2 is 1.66 bits per heavy atom. The lowest BCUT2D eigenvalue weighted by Crippen LogP contribution is -2.29. The van der Waals surface area contributed by atoms with Crippen LogP contribution in [-0.4, -0.2) is 39.8 Å². The number of aromatic nitrogens is 2. The highest BCUT2D eigenvalue weighted by Gasteiger charge is 2.54. The van der Waals surface area contributed by atoms with E-state index >= 15 is 0 Å². The normalized spacial score (nSPS) is 19.7. The SMILES string of the molecule is O=C(Cc1ccccc1)C1(C(=O)Cc2ccc(Oc3ccnc4cc(OC[C@H]5CCC6(CC6)O5)ccc34)cn2)CC1. The van der Waals surface area contributed by atoms with Gasteiger partial charge >= 0.3 is 0 Å². The van der Waals surface area contributed by atoms with Gasteiger partial charge in [-0.3, -0.25) is 19.6 Å². The van der Waals surface area contributed by atoms with Crippen LogP contribution in [0.2, 0.25) is 0 Å². The van der Waals surface area contributed by atoms with Gasteiger partial charge in [0.15, 0.2) is 11.6 Å². The third-order valence-corrected chi connectivity index (χ3v) is 8.65. The highest BCUT2D eigenvalue weighted by atomic mass is 16.6. The molecule has 41 heavy (non-hydrogen) atoms. The second kappa shape index (κ2) is 10.4. The molecule has 0 radical (unpaired) electrons. The molecule has 1 saturated heterocycles. The first-order valence-corrected chi connectivity index (χ1v) is 14.4. The molecule has 0 amide bonds. The molecule has 1 atom stereocenters. The van der Waals surface area contributed by atoms with E-state index in [9.17, 15) is 9.59 Å². The fraction of sp³-hybridized carbons (Fsp3) is 0.353. The maximum atomic E-state index is 13.1. The zero-order valence-corrected chi connectivity index (χ0v) is 22.9. The van der Waals surface area contributed by atoms with E-state index in [2.05, 4.69) is 9.97 Å². The van der Waals surface area contributed by atoms with Crippen LogP contribution in [0.25, 0.3) is 10.9 Å². The van der Waals surface area contributed by atoms with Gasteiger partial charge < -0.3 is 14.2 Å². The molecule has 1 spiro atoms. The number of carbonyl (C=O) groups is 2. The summed E-state index contributed by atoms with van der Waals surface area (Å²) in [5, 5.41) is 0.862. The number of hydrogen-bond donors (Lipinski definition) is 0. The zero-order valence-electron chi connectivity index (χ0n) is 22.9. The highest BCUT2D eigenvalue weighted by molar-refractivity contribution is 6.10. The average Bonchev–Trinajstić information content (AvgIpc) is 3.91. The molecule has 2 saturated carbocycles. The van der Waals surface area contributed by atoms with Crippen molar-refractivity contribution in [2.24, 2.45) is 5.41 Å². The summed E-state index contributed by atoms with van der Waals surface area (Å²) in [4.78, 5) is 35.0. The summed E-state index contributed by atoms with van der Waals surface area (Å²) in [7, 11) is 0. The number of nitrogens with zero attached hydrogens (tertiary/aromatic N) is 2. The Morgan fingerprint density at radius 1 is 0.854 bits per heavy atom. The number of rotatable bonds is 11. The minimum atomic E-state index is -0.852. The third kappa shape index (κ3) is 5.46. The molecule has 1 aliphatic heterocycles. The number of pyridine rings is 2.